The molecule has 1 amide bonds. The minimum Gasteiger partial charge on any atom is -0.350 e. The van der Waals surface area contributed by atoms with Crippen LogP contribution in [0.5, 0.6) is 0 Å². The van der Waals surface area contributed by atoms with Crippen LogP contribution in [0.2, 0.25) is 0 Å². The van der Waals surface area contributed by atoms with Gasteiger partial charge in [-0.25, -0.2) is 0 Å². The summed E-state index contributed by atoms with van der Waals surface area (Å²) in [6.45, 7) is 4.31. The van der Waals surface area contributed by atoms with Crippen molar-refractivity contribution in [2.24, 2.45) is 5.73 Å². The molecule has 0 aromatic carbocycles. The molecule has 1 heterocycles. The highest BCUT2D eigenvalue weighted by atomic mass is 16.1. The lowest BCUT2D eigenvalue weighted by atomic mass is 10.00. The fourth-order valence-electron chi connectivity index (χ4n) is 1.10. The van der Waals surface area contributed by atoms with E-state index in [4.69, 9.17) is 5.73 Å². The van der Waals surface area contributed by atoms with Crippen LogP contribution in [-0.2, 0) is 11.3 Å². The Hall–Kier alpha value is -1.36. The standard InChI is InChI=1S/C10H18N4O/c1-10(2,11)5-3-9(15)12-7-8-4-6-13-14-8/h4,6H,3,5,7,11H2,1-2H3,(H,12,15)(H,13,14). The Bertz CT molecular complexity index is 300. The predicted octanol–water partition coefficient (Wildman–Crippen LogP) is 0.543. The van der Waals surface area contributed by atoms with Crippen LogP contribution in [0, 0.1) is 0 Å². The summed E-state index contributed by atoms with van der Waals surface area (Å²) < 4.78 is 0. The number of carbonyl (C=O) groups is 1. The molecule has 1 aromatic heterocycles. The fourth-order valence-corrected chi connectivity index (χ4v) is 1.10. The van der Waals surface area contributed by atoms with E-state index in [1.807, 2.05) is 19.9 Å². The minimum atomic E-state index is -0.286. The first kappa shape index (κ1) is 11.7. The van der Waals surface area contributed by atoms with E-state index in [2.05, 4.69) is 15.5 Å². The molecule has 0 saturated heterocycles. The number of rotatable bonds is 5. The Morgan fingerprint density at radius 3 is 2.93 bits per heavy atom. The van der Waals surface area contributed by atoms with Crippen LogP contribution in [0.4, 0.5) is 0 Å². The number of hydrogen-bond donors (Lipinski definition) is 3. The molecule has 1 aromatic rings. The van der Waals surface area contributed by atoms with Crippen LogP contribution in [-0.4, -0.2) is 21.6 Å². The van der Waals surface area contributed by atoms with Gasteiger partial charge in [-0.1, -0.05) is 0 Å². The summed E-state index contributed by atoms with van der Waals surface area (Å²) in [4.78, 5) is 11.4. The molecule has 4 N–H and O–H groups in total. The summed E-state index contributed by atoms with van der Waals surface area (Å²) in [6.07, 6.45) is 2.80. The van der Waals surface area contributed by atoms with Crippen molar-refractivity contribution >= 4 is 5.91 Å². The van der Waals surface area contributed by atoms with Gasteiger partial charge in [0.1, 0.15) is 0 Å². The molecule has 0 aliphatic carbocycles. The van der Waals surface area contributed by atoms with E-state index in [9.17, 15) is 4.79 Å². The first-order valence-electron chi connectivity index (χ1n) is 5.01. The van der Waals surface area contributed by atoms with Crippen LogP contribution in [0.25, 0.3) is 0 Å². The number of amides is 1. The molecule has 84 valence electrons. The summed E-state index contributed by atoms with van der Waals surface area (Å²) in [7, 11) is 0. The molecule has 5 nitrogen and oxygen atoms in total. The predicted molar refractivity (Wildman–Crippen MR) is 57.9 cm³/mol. The van der Waals surface area contributed by atoms with Crippen molar-refractivity contribution in [2.45, 2.75) is 38.8 Å². The van der Waals surface area contributed by atoms with E-state index in [0.29, 0.717) is 19.4 Å². The Morgan fingerprint density at radius 2 is 2.40 bits per heavy atom. The topological polar surface area (TPSA) is 83.8 Å². The van der Waals surface area contributed by atoms with Gasteiger partial charge in [-0.2, -0.15) is 5.10 Å². The summed E-state index contributed by atoms with van der Waals surface area (Å²) in [5, 5.41) is 9.36. The minimum absolute atomic E-state index is 0.0168. The second-order valence-corrected chi connectivity index (χ2v) is 4.35. The first-order chi connectivity index (χ1) is 6.97. The summed E-state index contributed by atoms with van der Waals surface area (Å²) in [6, 6.07) is 1.83. The van der Waals surface area contributed by atoms with Gasteiger partial charge in [0.05, 0.1) is 12.2 Å². The zero-order valence-corrected chi connectivity index (χ0v) is 9.21. The highest BCUT2D eigenvalue weighted by Crippen LogP contribution is 2.06. The zero-order valence-electron chi connectivity index (χ0n) is 9.21. The van der Waals surface area contributed by atoms with Gasteiger partial charge in [0.25, 0.3) is 0 Å². The number of nitrogens with one attached hydrogen (secondary N) is 2. The van der Waals surface area contributed by atoms with Crippen molar-refractivity contribution in [3.63, 3.8) is 0 Å². The van der Waals surface area contributed by atoms with E-state index in [1.54, 1.807) is 6.20 Å². The number of hydrogen-bond acceptors (Lipinski definition) is 3. The van der Waals surface area contributed by atoms with Gasteiger partial charge in [0, 0.05) is 18.2 Å². The first-order valence-corrected chi connectivity index (χ1v) is 5.01. The maximum absolute atomic E-state index is 11.4. The average Bonchev–Trinajstić information content (AvgIpc) is 2.62. The monoisotopic (exact) mass is 210 g/mol. The van der Waals surface area contributed by atoms with Crippen molar-refractivity contribution in [3.05, 3.63) is 18.0 Å². The van der Waals surface area contributed by atoms with Crippen LogP contribution in [0.1, 0.15) is 32.4 Å². The van der Waals surface area contributed by atoms with Crippen LogP contribution in [0.15, 0.2) is 12.3 Å². The lowest BCUT2D eigenvalue weighted by Crippen LogP contribution is -2.34. The SMILES string of the molecule is CC(C)(N)CCC(=O)NCc1ccn[nH]1. The molecule has 0 bridgehead atoms. The highest BCUT2D eigenvalue weighted by molar-refractivity contribution is 5.75. The molecule has 15 heavy (non-hydrogen) atoms. The van der Waals surface area contributed by atoms with Crippen LogP contribution >= 0.6 is 0 Å². The maximum Gasteiger partial charge on any atom is 0.220 e. The third-order valence-electron chi connectivity index (χ3n) is 2.03. The Labute approximate surface area is 89.4 Å². The summed E-state index contributed by atoms with van der Waals surface area (Å²) >= 11 is 0. The van der Waals surface area contributed by atoms with Crippen molar-refractivity contribution in [1.82, 2.24) is 15.5 Å². The molecule has 0 radical (unpaired) electrons. The van der Waals surface area contributed by atoms with Gasteiger partial charge in [-0.3, -0.25) is 9.89 Å². The van der Waals surface area contributed by atoms with Gasteiger partial charge >= 0.3 is 0 Å². The number of nitrogens with two attached hydrogens (primary N) is 1. The van der Waals surface area contributed by atoms with Gasteiger partial charge in [0.15, 0.2) is 0 Å². The molecular formula is C10H18N4O. The number of nitrogens with zero attached hydrogens (tertiary/aromatic N) is 1. The third kappa shape index (κ3) is 5.17. The van der Waals surface area contributed by atoms with Gasteiger partial charge < -0.3 is 11.1 Å². The largest absolute Gasteiger partial charge is 0.350 e. The highest BCUT2D eigenvalue weighted by Gasteiger charge is 2.12. The van der Waals surface area contributed by atoms with E-state index in [0.717, 1.165) is 5.69 Å². The molecule has 1 rings (SSSR count). The Morgan fingerprint density at radius 1 is 1.67 bits per heavy atom. The molecule has 0 fully saturated rings. The van der Waals surface area contributed by atoms with Gasteiger partial charge in [-0.15, -0.1) is 0 Å². The number of aromatic nitrogens is 2. The second kappa shape index (κ2) is 4.93. The third-order valence-corrected chi connectivity index (χ3v) is 2.03. The van der Waals surface area contributed by atoms with Crippen molar-refractivity contribution in [1.29, 1.82) is 0 Å². The van der Waals surface area contributed by atoms with Crippen LogP contribution < -0.4 is 11.1 Å². The molecule has 0 spiro atoms. The molecular weight excluding hydrogens is 192 g/mol. The normalized spacial score (nSPS) is 11.4. The molecule has 0 saturated carbocycles. The number of H-pyrrole nitrogens is 1. The maximum atomic E-state index is 11.4. The van der Waals surface area contributed by atoms with E-state index < -0.39 is 0 Å². The van der Waals surface area contributed by atoms with Crippen molar-refractivity contribution in [3.8, 4) is 0 Å². The lowest BCUT2D eigenvalue weighted by Gasteiger charge is -2.17. The van der Waals surface area contributed by atoms with E-state index in [1.165, 1.54) is 0 Å². The Kier molecular flexibility index (Phi) is 3.85. The van der Waals surface area contributed by atoms with E-state index in [-0.39, 0.29) is 11.4 Å². The smallest absolute Gasteiger partial charge is 0.220 e. The lowest BCUT2D eigenvalue weighted by molar-refractivity contribution is -0.121. The number of carbonyl (C=O) groups excluding carboxylic acids is 1. The van der Waals surface area contributed by atoms with Crippen molar-refractivity contribution in [2.75, 3.05) is 0 Å². The fraction of sp³-hybridized carbons (Fsp3) is 0.600. The number of aromatic amines is 1. The molecule has 0 aliphatic heterocycles. The molecule has 0 atom stereocenters. The molecule has 0 aliphatic rings. The van der Waals surface area contributed by atoms with Gasteiger partial charge in [0.2, 0.25) is 5.91 Å². The summed E-state index contributed by atoms with van der Waals surface area (Å²) in [5.74, 6) is 0.0168. The second-order valence-electron chi connectivity index (χ2n) is 4.35. The van der Waals surface area contributed by atoms with Gasteiger partial charge in [-0.05, 0) is 26.3 Å². The average molecular weight is 210 g/mol. The molecule has 5 heteroatoms. The Balaban J connectivity index is 2.20. The summed E-state index contributed by atoms with van der Waals surface area (Å²) in [5.41, 5.74) is 6.39. The zero-order chi connectivity index (χ0) is 11.3. The quantitative estimate of drug-likeness (QED) is 0.663. The molecule has 0 unspecified atom stereocenters. The van der Waals surface area contributed by atoms with E-state index >= 15 is 0 Å². The van der Waals surface area contributed by atoms with Crippen molar-refractivity contribution < 1.29 is 4.79 Å². The van der Waals surface area contributed by atoms with Crippen LogP contribution in [0.3, 0.4) is 0 Å².